The van der Waals surface area contributed by atoms with Gasteiger partial charge in [-0.25, -0.2) is 12.7 Å². The zero-order valence-electron chi connectivity index (χ0n) is 13.0. The molecule has 1 amide bonds. The Hall–Kier alpha value is -1.60. The SMILES string of the molecule is CCN(CC)C(=O)CNc1ccc(S(=O)(=O)N(C)C)cc1. The van der Waals surface area contributed by atoms with Gasteiger partial charge in [-0.3, -0.25) is 4.79 Å². The van der Waals surface area contributed by atoms with E-state index in [0.717, 1.165) is 0 Å². The Balaban J connectivity index is 2.70. The average Bonchev–Trinajstić information content (AvgIpc) is 2.46. The Kier molecular flexibility index (Phi) is 6.17. The maximum atomic E-state index is 11.9. The minimum Gasteiger partial charge on any atom is -0.376 e. The first-order chi connectivity index (χ1) is 9.82. The van der Waals surface area contributed by atoms with Crippen LogP contribution in [0.4, 0.5) is 5.69 Å². The predicted molar refractivity (Wildman–Crippen MR) is 83.7 cm³/mol. The van der Waals surface area contributed by atoms with E-state index in [2.05, 4.69) is 5.32 Å². The third kappa shape index (κ3) is 4.44. The molecule has 0 fully saturated rings. The van der Waals surface area contributed by atoms with Gasteiger partial charge >= 0.3 is 0 Å². The minimum atomic E-state index is -3.42. The van der Waals surface area contributed by atoms with Crippen LogP contribution in [0.1, 0.15) is 13.8 Å². The van der Waals surface area contributed by atoms with Gasteiger partial charge in [-0.1, -0.05) is 0 Å². The Bertz CT molecular complexity index is 564. The van der Waals surface area contributed by atoms with Gasteiger partial charge in [0.15, 0.2) is 0 Å². The number of carbonyl (C=O) groups excluding carboxylic acids is 1. The van der Waals surface area contributed by atoms with Crippen LogP contribution in [0.3, 0.4) is 0 Å². The summed E-state index contributed by atoms with van der Waals surface area (Å²) < 4.78 is 25.0. The van der Waals surface area contributed by atoms with E-state index in [9.17, 15) is 13.2 Å². The molecule has 0 radical (unpaired) electrons. The van der Waals surface area contributed by atoms with E-state index in [-0.39, 0.29) is 17.3 Å². The summed E-state index contributed by atoms with van der Waals surface area (Å²) in [6.45, 7) is 5.42. The first-order valence-corrected chi connectivity index (χ1v) is 8.31. The van der Waals surface area contributed by atoms with Crippen molar-refractivity contribution in [3.63, 3.8) is 0 Å². The summed E-state index contributed by atoms with van der Waals surface area (Å²) in [7, 11) is -0.435. The van der Waals surface area contributed by atoms with Gasteiger partial charge in [0.25, 0.3) is 0 Å². The number of carbonyl (C=O) groups is 1. The molecule has 0 atom stereocenters. The van der Waals surface area contributed by atoms with Crippen molar-refractivity contribution in [2.45, 2.75) is 18.7 Å². The van der Waals surface area contributed by atoms with Crippen LogP contribution in [0.25, 0.3) is 0 Å². The van der Waals surface area contributed by atoms with E-state index in [1.807, 2.05) is 13.8 Å². The monoisotopic (exact) mass is 313 g/mol. The Morgan fingerprint density at radius 3 is 2.05 bits per heavy atom. The number of rotatable bonds is 7. The largest absolute Gasteiger partial charge is 0.376 e. The van der Waals surface area contributed by atoms with E-state index in [1.165, 1.54) is 30.5 Å². The van der Waals surface area contributed by atoms with Gasteiger partial charge in [0, 0.05) is 32.9 Å². The molecule has 0 spiro atoms. The number of likely N-dealkylation sites (N-methyl/N-ethyl adjacent to an activating group) is 1. The molecule has 0 aliphatic carbocycles. The van der Waals surface area contributed by atoms with Crippen molar-refractivity contribution in [3.05, 3.63) is 24.3 Å². The number of hydrogen-bond acceptors (Lipinski definition) is 4. The highest BCUT2D eigenvalue weighted by molar-refractivity contribution is 7.89. The van der Waals surface area contributed by atoms with Crippen LogP contribution in [0, 0.1) is 0 Å². The Morgan fingerprint density at radius 1 is 1.10 bits per heavy atom. The third-order valence-corrected chi connectivity index (χ3v) is 5.02. The van der Waals surface area contributed by atoms with Gasteiger partial charge in [0.2, 0.25) is 15.9 Å². The molecule has 1 rings (SSSR count). The molecule has 0 bridgehead atoms. The number of sulfonamides is 1. The lowest BCUT2D eigenvalue weighted by Gasteiger charge is -2.19. The van der Waals surface area contributed by atoms with Crippen molar-refractivity contribution in [1.82, 2.24) is 9.21 Å². The van der Waals surface area contributed by atoms with Crippen LogP contribution < -0.4 is 5.32 Å². The number of benzene rings is 1. The zero-order valence-corrected chi connectivity index (χ0v) is 13.8. The van der Waals surface area contributed by atoms with Crippen LogP contribution in [0.2, 0.25) is 0 Å². The molecule has 0 aliphatic rings. The summed E-state index contributed by atoms with van der Waals surface area (Å²) in [5.41, 5.74) is 0.716. The van der Waals surface area contributed by atoms with Crippen LogP contribution in [0.15, 0.2) is 29.2 Å². The maximum absolute atomic E-state index is 11.9. The van der Waals surface area contributed by atoms with Crippen molar-refractivity contribution in [3.8, 4) is 0 Å². The first-order valence-electron chi connectivity index (χ1n) is 6.87. The van der Waals surface area contributed by atoms with E-state index in [1.54, 1.807) is 17.0 Å². The third-order valence-electron chi connectivity index (χ3n) is 3.19. The van der Waals surface area contributed by atoms with Gasteiger partial charge in [0.1, 0.15) is 0 Å². The van der Waals surface area contributed by atoms with E-state index >= 15 is 0 Å². The van der Waals surface area contributed by atoms with Crippen molar-refractivity contribution in [2.24, 2.45) is 0 Å². The van der Waals surface area contributed by atoms with Crippen LogP contribution in [-0.2, 0) is 14.8 Å². The lowest BCUT2D eigenvalue weighted by molar-refractivity contribution is -0.128. The molecule has 118 valence electrons. The average molecular weight is 313 g/mol. The summed E-state index contributed by atoms with van der Waals surface area (Å²) in [6, 6.07) is 6.37. The molecule has 1 N–H and O–H groups in total. The molecule has 21 heavy (non-hydrogen) atoms. The fourth-order valence-corrected chi connectivity index (χ4v) is 2.72. The van der Waals surface area contributed by atoms with Crippen LogP contribution >= 0.6 is 0 Å². The molecule has 0 heterocycles. The molecule has 7 heteroatoms. The second-order valence-corrected chi connectivity index (χ2v) is 6.88. The van der Waals surface area contributed by atoms with Gasteiger partial charge in [-0.15, -0.1) is 0 Å². The van der Waals surface area contributed by atoms with E-state index in [4.69, 9.17) is 0 Å². The summed E-state index contributed by atoms with van der Waals surface area (Å²) in [5.74, 6) is 0.0185. The van der Waals surface area contributed by atoms with Gasteiger partial charge in [0.05, 0.1) is 11.4 Å². The van der Waals surface area contributed by atoms with Crippen molar-refractivity contribution in [2.75, 3.05) is 39.0 Å². The highest BCUT2D eigenvalue weighted by Crippen LogP contribution is 2.16. The van der Waals surface area contributed by atoms with Gasteiger partial charge in [-0.2, -0.15) is 0 Å². The molecule has 0 aliphatic heterocycles. The van der Waals surface area contributed by atoms with E-state index < -0.39 is 10.0 Å². The maximum Gasteiger partial charge on any atom is 0.242 e. The highest BCUT2D eigenvalue weighted by atomic mass is 32.2. The van der Waals surface area contributed by atoms with Crippen LogP contribution in [0.5, 0.6) is 0 Å². The van der Waals surface area contributed by atoms with E-state index in [0.29, 0.717) is 18.8 Å². The van der Waals surface area contributed by atoms with Gasteiger partial charge < -0.3 is 10.2 Å². The zero-order chi connectivity index (χ0) is 16.0. The summed E-state index contributed by atoms with van der Waals surface area (Å²) in [6.07, 6.45) is 0. The Morgan fingerprint density at radius 2 is 1.62 bits per heavy atom. The molecule has 1 aromatic carbocycles. The number of hydrogen-bond donors (Lipinski definition) is 1. The molecule has 6 nitrogen and oxygen atoms in total. The quantitative estimate of drug-likeness (QED) is 0.821. The van der Waals surface area contributed by atoms with Crippen molar-refractivity contribution >= 4 is 21.6 Å². The fourth-order valence-electron chi connectivity index (χ4n) is 1.82. The highest BCUT2D eigenvalue weighted by Gasteiger charge is 2.16. The van der Waals surface area contributed by atoms with Crippen LogP contribution in [-0.4, -0.2) is 57.3 Å². The first kappa shape index (κ1) is 17.5. The second-order valence-electron chi connectivity index (χ2n) is 4.73. The topological polar surface area (TPSA) is 69.7 Å². The van der Waals surface area contributed by atoms with Crippen molar-refractivity contribution < 1.29 is 13.2 Å². The summed E-state index contributed by atoms with van der Waals surface area (Å²) in [5, 5.41) is 3.00. The number of anilines is 1. The predicted octanol–water partition coefficient (Wildman–Crippen LogP) is 1.22. The molecule has 0 saturated heterocycles. The normalized spacial score (nSPS) is 11.5. The molecular formula is C14H23N3O3S. The summed E-state index contributed by atoms with van der Waals surface area (Å²) >= 11 is 0. The molecule has 0 aromatic heterocycles. The molecular weight excluding hydrogens is 290 g/mol. The molecule has 1 aromatic rings. The molecule has 0 saturated carbocycles. The minimum absolute atomic E-state index is 0.0185. The number of amides is 1. The van der Waals surface area contributed by atoms with Gasteiger partial charge in [-0.05, 0) is 38.1 Å². The number of nitrogens with zero attached hydrogens (tertiary/aromatic N) is 2. The fraction of sp³-hybridized carbons (Fsp3) is 0.500. The lowest BCUT2D eigenvalue weighted by Crippen LogP contribution is -2.35. The summed E-state index contributed by atoms with van der Waals surface area (Å²) in [4.78, 5) is 13.8. The molecule has 0 unspecified atom stereocenters. The standard InChI is InChI=1S/C14H23N3O3S/c1-5-17(6-2)14(18)11-15-12-7-9-13(10-8-12)21(19,20)16(3)4/h7-10,15H,5-6,11H2,1-4H3. The second kappa shape index (κ2) is 7.42. The smallest absolute Gasteiger partial charge is 0.242 e. The van der Waals surface area contributed by atoms with Crippen molar-refractivity contribution in [1.29, 1.82) is 0 Å². The Labute approximate surface area is 126 Å². The number of nitrogens with one attached hydrogen (secondary N) is 1. The lowest BCUT2D eigenvalue weighted by atomic mass is 10.3.